The predicted octanol–water partition coefficient (Wildman–Crippen LogP) is 4.89. The van der Waals surface area contributed by atoms with Gasteiger partial charge in [-0.3, -0.25) is 14.5 Å². The Kier molecular flexibility index (Phi) is 8.43. The van der Waals surface area contributed by atoms with Gasteiger partial charge in [0.2, 0.25) is 5.75 Å². The van der Waals surface area contributed by atoms with E-state index in [1.54, 1.807) is 13.8 Å². The van der Waals surface area contributed by atoms with E-state index in [1.807, 2.05) is 0 Å². The molecule has 2 heterocycles. The molecule has 1 aliphatic rings. The Morgan fingerprint density at radius 2 is 1.78 bits per heavy atom. The molecule has 3 aromatic rings. The average Bonchev–Trinajstić information content (AvgIpc) is 3.47. The number of rotatable bonds is 9. The van der Waals surface area contributed by atoms with E-state index >= 15 is 0 Å². The number of hydrogen-bond acceptors (Lipinski definition) is 10. The average molecular weight is 583 g/mol. The SMILES string of the molecule is C=CCOC(=O)c1sc(N2C(=O)C(=O)C(=C(O)c3ccc(C)c(F)c3)C2c2cc(OC)c(OC)c(OC)c2)nc1C. The number of halogens is 1. The van der Waals surface area contributed by atoms with Gasteiger partial charge in [-0.2, -0.15) is 0 Å². The number of aliphatic hydroxyl groups excluding tert-OH is 1. The topological polar surface area (TPSA) is 124 Å². The molecular weight excluding hydrogens is 555 g/mol. The van der Waals surface area contributed by atoms with Crippen LogP contribution in [-0.2, 0) is 14.3 Å². The number of ketones is 1. The zero-order chi connectivity index (χ0) is 30.0. The van der Waals surface area contributed by atoms with Gasteiger partial charge in [-0.15, -0.1) is 0 Å². The molecule has 1 N–H and O–H groups in total. The van der Waals surface area contributed by atoms with Crippen LogP contribution in [0.15, 0.2) is 48.6 Å². The quantitative estimate of drug-likeness (QED) is 0.123. The molecule has 1 unspecified atom stereocenters. The van der Waals surface area contributed by atoms with E-state index in [0.717, 1.165) is 22.3 Å². The number of anilines is 1. The summed E-state index contributed by atoms with van der Waals surface area (Å²) in [6, 6.07) is 5.73. The van der Waals surface area contributed by atoms with E-state index in [1.165, 1.54) is 51.7 Å². The second kappa shape index (κ2) is 11.8. The molecule has 4 rings (SSSR count). The van der Waals surface area contributed by atoms with Gasteiger partial charge in [0.05, 0.1) is 38.6 Å². The van der Waals surface area contributed by atoms with Gasteiger partial charge in [0.25, 0.3) is 5.78 Å². The molecule has 0 aliphatic carbocycles. The maximum Gasteiger partial charge on any atom is 0.350 e. The molecule has 1 amide bonds. The lowest BCUT2D eigenvalue weighted by atomic mass is 9.94. The first-order chi connectivity index (χ1) is 19.6. The summed E-state index contributed by atoms with van der Waals surface area (Å²) in [5, 5.41) is 11.3. The predicted molar refractivity (Wildman–Crippen MR) is 149 cm³/mol. The van der Waals surface area contributed by atoms with Crippen LogP contribution in [0.25, 0.3) is 5.76 Å². The first-order valence-corrected chi connectivity index (χ1v) is 13.0. The van der Waals surface area contributed by atoms with Crippen molar-refractivity contribution in [3.8, 4) is 17.2 Å². The zero-order valence-corrected chi connectivity index (χ0v) is 23.8. The minimum Gasteiger partial charge on any atom is -0.507 e. The lowest BCUT2D eigenvalue weighted by Gasteiger charge is -2.24. The second-order valence-corrected chi connectivity index (χ2v) is 9.87. The molecule has 10 nitrogen and oxygen atoms in total. The Morgan fingerprint density at radius 1 is 1.12 bits per heavy atom. The minimum absolute atomic E-state index is 0.00282. The van der Waals surface area contributed by atoms with Crippen LogP contribution < -0.4 is 19.1 Å². The minimum atomic E-state index is -1.27. The Hall–Kier alpha value is -4.71. The fourth-order valence-corrected chi connectivity index (χ4v) is 5.36. The molecular formula is C29H27FN2O8S. The molecule has 1 aliphatic heterocycles. The fraction of sp³-hybridized carbons (Fsp3) is 0.241. The van der Waals surface area contributed by atoms with Gasteiger partial charge in [-0.25, -0.2) is 14.2 Å². The highest BCUT2D eigenvalue weighted by atomic mass is 32.1. The lowest BCUT2D eigenvalue weighted by Crippen LogP contribution is -2.29. The molecule has 0 saturated carbocycles. The smallest absolute Gasteiger partial charge is 0.350 e. The molecule has 214 valence electrons. The van der Waals surface area contributed by atoms with E-state index in [9.17, 15) is 23.9 Å². The van der Waals surface area contributed by atoms with Gasteiger partial charge in [-0.1, -0.05) is 36.1 Å². The maximum absolute atomic E-state index is 14.5. The zero-order valence-electron chi connectivity index (χ0n) is 22.9. The van der Waals surface area contributed by atoms with E-state index < -0.39 is 35.3 Å². The van der Waals surface area contributed by atoms with E-state index in [4.69, 9.17) is 18.9 Å². The lowest BCUT2D eigenvalue weighted by molar-refractivity contribution is -0.132. The van der Waals surface area contributed by atoms with E-state index in [2.05, 4.69) is 11.6 Å². The third-order valence-electron chi connectivity index (χ3n) is 6.40. The number of nitrogens with zero attached hydrogens (tertiary/aromatic N) is 2. The van der Waals surface area contributed by atoms with Crippen LogP contribution >= 0.6 is 11.3 Å². The number of hydrogen-bond donors (Lipinski definition) is 1. The van der Waals surface area contributed by atoms with Crippen molar-refractivity contribution >= 4 is 39.9 Å². The molecule has 0 spiro atoms. The number of thiazole rings is 1. The summed E-state index contributed by atoms with van der Waals surface area (Å²) in [5.74, 6) is -3.23. The molecule has 0 radical (unpaired) electrons. The van der Waals surface area contributed by atoms with Crippen LogP contribution in [0.2, 0.25) is 0 Å². The molecule has 1 fully saturated rings. The van der Waals surface area contributed by atoms with Crippen LogP contribution in [-0.4, -0.2) is 55.7 Å². The number of methoxy groups -OCH3 is 3. The summed E-state index contributed by atoms with van der Waals surface area (Å²) in [4.78, 5) is 45.3. The molecule has 41 heavy (non-hydrogen) atoms. The number of carbonyl (C=O) groups excluding carboxylic acids is 3. The van der Waals surface area contributed by atoms with Crippen LogP contribution in [0.4, 0.5) is 9.52 Å². The van der Waals surface area contributed by atoms with Crippen molar-refractivity contribution in [3.05, 3.63) is 81.6 Å². The van der Waals surface area contributed by atoms with Gasteiger partial charge in [0.15, 0.2) is 16.6 Å². The molecule has 0 bridgehead atoms. The number of aryl methyl sites for hydroxylation is 2. The maximum atomic E-state index is 14.5. The van der Waals surface area contributed by atoms with Crippen LogP contribution in [0.1, 0.15) is 38.1 Å². The number of aromatic nitrogens is 1. The number of benzene rings is 2. The third-order valence-corrected chi connectivity index (χ3v) is 7.54. The van der Waals surface area contributed by atoms with E-state index in [0.29, 0.717) is 5.56 Å². The Labute approximate surface area is 239 Å². The van der Waals surface area contributed by atoms with Crippen LogP contribution in [0, 0.1) is 19.7 Å². The molecule has 1 atom stereocenters. The van der Waals surface area contributed by atoms with Gasteiger partial charge in [0.1, 0.15) is 23.1 Å². The number of aliphatic hydroxyl groups is 1. The summed E-state index contributed by atoms with van der Waals surface area (Å²) in [6.07, 6.45) is 1.41. The summed E-state index contributed by atoms with van der Waals surface area (Å²) in [6.45, 7) is 6.60. The number of esters is 1. The van der Waals surface area contributed by atoms with Crippen LogP contribution in [0.5, 0.6) is 17.2 Å². The standard InChI is InChI=1S/C29H27FN2O8S/c1-7-10-40-28(36)26-15(3)31-29(41-26)32-22(17-12-19(37-4)25(39-6)20(13-17)38-5)21(24(34)27(32)35)23(33)16-9-8-14(2)18(30)11-16/h7-9,11-13,22,33H,1,10H2,2-6H3. The van der Waals surface area contributed by atoms with Gasteiger partial charge in [-0.05, 0) is 43.2 Å². The van der Waals surface area contributed by atoms with Crippen molar-refractivity contribution in [1.29, 1.82) is 0 Å². The van der Waals surface area contributed by atoms with Gasteiger partial charge >= 0.3 is 11.9 Å². The van der Waals surface area contributed by atoms with Gasteiger partial charge < -0.3 is 24.1 Å². The monoisotopic (exact) mass is 582 g/mol. The molecule has 2 aromatic carbocycles. The van der Waals surface area contributed by atoms with Crippen molar-refractivity contribution in [2.45, 2.75) is 19.9 Å². The highest BCUT2D eigenvalue weighted by molar-refractivity contribution is 7.17. The van der Waals surface area contributed by atoms with Crippen molar-refractivity contribution < 1.29 is 42.8 Å². The van der Waals surface area contributed by atoms with Gasteiger partial charge in [0, 0.05) is 5.56 Å². The highest BCUT2D eigenvalue weighted by Gasteiger charge is 2.49. The number of amides is 1. The van der Waals surface area contributed by atoms with Crippen molar-refractivity contribution in [2.24, 2.45) is 0 Å². The Bertz CT molecular complexity index is 1570. The summed E-state index contributed by atoms with van der Waals surface area (Å²) in [7, 11) is 4.22. The van der Waals surface area contributed by atoms with Crippen molar-refractivity contribution in [1.82, 2.24) is 4.98 Å². The van der Waals surface area contributed by atoms with E-state index in [-0.39, 0.29) is 56.3 Å². The van der Waals surface area contributed by atoms with Crippen molar-refractivity contribution in [3.63, 3.8) is 0 Å². The summed E-state index contributed by atoms with van der Waals surface area (Å²) in [5.41, 5.74) is 0.558. The Balaban J connectivity index is 1.99. The first-order valence-electron chi connectivity index (χ1n) is 12.2. The number of carbonyl (C=O) groups is 3. The second-order valence-electron chi connectivity index (χ2n) is 8.89. The normalized spacial score (nSPS) is 16.0. The first kappa shape index (κ1) is 29.3. The third kappa shape index (κ3) is 5.25. The fourth-order valence-electron chi connectivity index (χ4n) is 4.37. The Morgan fingerprint density at radius 3 is 2.34 bits per heavy atom. The molecule has 1 saturated heterocycles. The molecule has 1 aromatic heterocycles. The van der Waals surface area contributed by atoms with Crippen molar-refractivity contribution in [2.75, 3.05) is 32.8 Å². The number of Topliss-reactive ketones (excluding diaryl/α,β-unsaturated/α-hetero) is 1. The number of ether oxygens (including phenoxy) is 4. The van der Waals surface area contributed by atoms with Crippen LogP contribution in [0.3, 0.4) is 0 Å². The molecule has 12 heteroatoms. The largest absolute Gasteiger partial charge is 0.507 e. The highest BCUT2D eigenvalue weighted by Crippen LogP contribution is 2.48. The summed E-state index contributed by atoms with van der Waals surface area (Å²) < 4.78 is 35.9. The summed E-state index contributed by atoms with van der Waals surface area (Å²) >= 11 is 0.843.